The Morgan fingerprint density at radius 2 is 1.47 bits per heavy atom. The average molecular weight is 514 g/mol. The van der Waals surface area contributed by atoms with Crippen LogP contribution in [0.25, 0.3) is 0 Å². The van der Waals surface area contributed by atoms with E-state index >= 15 is 0 Å². The molecular weight excluding hydrogens is 484 g/mol. The number of likely N-dealkylation sites (tertiary alicyclic amines) is 1. The Bertz CT molecular complexity index is 1040. The van der Waals surface area contributed by atoms with E-state index in [1.54, 1.807) is 0 Å². The molecule has 3 rings (SSSR count). The first-order chi connectivity index (χ1) is 16.8. The molecule has 0 radical (unpaired) electrons. The number of allylic oxidation sites excluding steroid dienone is 1. The molecule has 0 spiro atoms. The molecule has 0 aromatic heterocycles. The SMILES string of the molecule is CC(C)/C=C\[C@H](c1ccc(C(F)(F)F)cc1)N1CC[C@@H](CC(=O)O)C[C@H]1c1ccc(C(F)(F)F)cc1. The van der Waals surface area contributed by atoms with Gasteiger partial charge in [-0.25, -0.2) is 0 Å². The molecule has 0 saturated carbocycles. The summed E-state index contributed by atoms with van der Waals surface area (Å²) in [6, 6.07) is 8.86. The third-order valence-electron chi connectivity index (χ3n) is 6.45. The van der Waals surface area contributed by atoms with Crippen LogP contribution in [0.15, 0.2) is 60.7 Å². The summed E-state index contributed by atoms with van der Waals surface area (Å²) in [7, 11) is 0. The predicted octanol–water partition coefficient (Wildman–Crippen LogP) is 7.91. The molecule has 2 aromatic carbocycles. The van der Waals surface area contributed by atoms with Crippen molar-refractivity contribution in [3.63, 3.8) is 0 Å². The molecule has 0 unspecified atom stereocenters. The molecule has 2 aromatic rings. The van der Waals surface area contributed by atoms with Gasteiger partial charge in [-0.3, -0.25) is 9.69 Å². The van der Waals surface area contributed by atoms with Gasteiger partial charge in [0.2, 0.25) is 0 Å². The Morgan fingerprint density at radius 1 is 0.944 bits per heavy atom. The molecule has 0 amide bonds. The Balaban J connectivity index is 2.02. The lowest BCUT2D eigenvalue weighted by Crippen LogP contribution is -2.39. The van der Waals surface area contributed by atoms with Gasteiger partial charge in [0.1, 0.15) is 0 Å². The van der Waals surface area contributed by atoms with Gasteiger partial charge < -0.3 is 5.11 Å². The number of hydrogen-bond donors (Lipinski definition) is 1. The van der Waals surface area contributed by atoms with Crippen molar-refractivity contribution in [3.05, 3.63) is 82.9 Å². The quantitative estimate of drug-likeness (QED) is 0.302. The fourth-order valence-corrected chi connectivity index (χ4v) is 4.65. The van der Waals surface area contributed by atoms with Gasteiger partial charge in [-0.15, -0.1) is 0 Å². The summed E-state index contributed by atoms with van der Waals surface area (Å²) in [5.74, 6) is -0.956. The number of benzene rings is 2. The highest BCUT2D eigenvalue weighted by molar-refractivity contribution is 5.67. The van der Waals surface area contributed by atoms with Gasteiger partial charge in [-0.2, -0.15) is 26.3 Å². The highest BCUT2D eigenvalue weighted by atomic mass is 19.4. The van der Waals surface area contributed by atoms with Crippen LogP contribution in [0.1, 0.15) is 67.4 Å². The molecule has 1 saturated heterocycles. The first-order valence-corrected chi connectivity index (χ1v) is 11.8. The third kappa shape index (κ3) is 7.12. The van der Waals surface area contributed by atoms with Crippen molar-refractivity contribution in [2.24, 2.45) is 11.8 Å². The number of rotatable bonds is 7. The molecule has 1 fully saturated rings. The number of halogens is 6. The molecule has 1 heterocycles. The second-order valence-corrected chi connectivity index (χ2v) is 9.56. The van der Waals surface area contributed by atoms with Gasteiger partial charge in [0.25, 0.3) is 0 Å². The Morgan fingerprint density at radius 3 is 1.94 bits per heavy atom. The van der Waals surface area contributed by atoms with E-state index < -0.39 is 41.5 Å². The molecule has 9 heteroatoms. The molecule has 0 bridgehead atoms. The molecule has 196 valence electrons. The second-order valence-electron chi connectivity index (χ2n) is 9.56. The molecule has 1 aliphatic heterocycles. The van der Waals surface area contributed by atoms with Gasteiger partial charge in [-0.1, -0.05) is 50.3 Å². The Kier molecular flexibility index (Phi) is 8.54. The van der Waals surface area contributed by atoms with Crippen LogP contribution in [0.4, 0.5) is 26.3 Å². The smallest absolute Gasteiger partial charge is 0.416 e. The lowest BCUT2D eigenvalue weighted by atomic mass is 9.83. The highest BCUT2D eigenvalue weighted by Crippen LogP contribution is 2.42. The maximum absolute atomic E-state index is 13.1. The number of piperidine rings is 1. The zero-order valence-corrected chi connectivity index (χ0v) is 20.0. The number of carbonyl (C=O) groups is 1. The van der Waals surface area contributed by atoms with E-state index in [2.05, 4.69) is 0 Å². The van der Waals surface area contributed by atoms with Gasteiger partial charge in [0.05, 0.1) is 17.2 Å². The minimum atomic E-state index is -4.49. The molecule has 1 aliphatic rings. The topological polar surface area (TPSA) is 40.5 Å². The van der Waals surface area contributed by atoms with E-state index in [0.29, 0.717) is 30.5 Å². The van der Waals surface area contributed by atoms with E-state index in [0.717, 1.165) is 24.3 Å². The Labute approximate surface area is 206 Å². The predicted molar refractivity (Wildman–Crippen MR) is 124 cm³/mol. The zero-order chi connectivity index (χ0) is 26.7. The molecule has 1 N–H and O–H groups in total. The molecule has 0 aliphatic carbocycles. The second kappa shape index (κ2) is 11.1. The zero-order valence-electron chi connectivity index (χ0n) is 20.0. The van der Waals surface area contributed by atoms with Gasteiger partial charge >= 0.3 is 18.3 Å². The fourth-order valence-electron chi connectivity index (χ4n) is 4.65. The summed E-state index contributed by atoms with van der Waals surface area (Å²) in [4.78, 5) is 13.4. The molecular formula is C27H29F6NO2. The van der Waals surface area contributed by atoms with Crippen molar-refractivity contribution >= 4 is 5.97 Å². The first-order valence-electron chi connectivity index (χ1n) is 11.8. The van der Waals surface area contributed by atoms with Crippen LogP contribution in [0.2, 0.25) is 0 Å². The number of nitrogens with zero attached hydrogens (tertiary/aromatic N) is 1. The maximum atomic E-state index is 13.1. The van der Waals surface area contributed by atoms with Crippen molar-refractivity contribution in [1.29, 1.82) is 0 Å². The number of carboxylic acid groups (broad SMARTS) is 1. The summed E-state index contributed by atoms with van der Waals surface area (Å²) in [5, 5.41) is 9.30. The number of hydrogen-bond acceptors (Lipinski definition) is 2. The third-order valence-corrected chi connectivity index (χ3v) is 6.45. The van der Waals surface area contributed by atoms with E-state index in [1.165, 1.54) is 24.3 Å². The van der Waals surface area contributed by atoms with E-state index in [-0.39, 0.29) is 18.3 Å². The van der Waals surface area contributed by atoms with E-state index in [9.17, 15) is 36.2 Å². The first kappa shape index (κ1) is 27.8. The molecule has 3 nitrogen and oxygen atoms in total. The van der Waals surface area contributed by atoms with Crippen molar-refractivity contribution in [3.8, 4) is 0 Å². The van der Waals surface area contributed by atoms with Crippen molar-refractivity contribution in [2.75, 3.05) is 6.54 Å². The standard InChI is InChI=1S/C27H29F6NO2/c1-17(2)3-12-23(19-4-8-21(9-5-19)26(28,29)30)34-14-13-18(16-25(35)36)15-24(34)20-6-10-22(11-7-20)27(31,32)33/h3-12,17-18,23-24H,13-16H2,1-2H3,(H,35,36)/b12-3-/t18-,23-,24+/m1/s1. The van der Waals surface area contributed by atoms with E-state index in [4.69, 9.17) is 0 Å². The summed E-state index contributed by atoms with van der Waals surface area (Å²) in [6.07, 6.45) is -4.21. The maximum Gasteiger partial charge on any atom is 0.416 e. The van der Waals surface area contributed by atoms with Gasteiger partial charge in [-0.05, 0) is 66.6 Å². The number of alkyl halides is 6. The minimum Gasteiger partial charge on any atom is -0.481 e. The minimum absolute atomic E-state index is 0.0578. The Hall–Kier alpha value is -2.81. The van der Waals surface area contributed by atoms with E-state index in [1.807, 2.05) is 30.9 Å². The summed E-state index contributed by atoms with van der Waals surface area (Å²) < 4.78 is 78.7. The average Bonchev–Trinajstić information content (AvgIpc) is 2.78. The largest absolute Gasteiger partial charge is 0.481 e. The fraction of sp³-hybridized carbons (Fsp3) is 0.444. The van der Waals surface area contributed by atoms with Crippen LogP contribution in [0, 0.1) is 11.8 Å². The highest BCUT2D eigenvalue weighted by Gasteiger charge is 2.36. The van der Waals surface area contributed by atoms with Crippen LogP contribution in [-0.2, 0) is 17.1 Å². The van der Waals surface area contributed by atoms with Crippen LogP contribution < -0.4 is 0 Å². The summed E-state index contributed by atoms with van der Waals surface area (Å²) in [6.45, 7) is 4.37. The van der Waals surface area contributed by atoms with Crippen LogP contribution >= 0.6 is 0 Å². The van der Waals surface area contributed by atoms with Crippen LogP contribution in [0.5, 0.6) is 0 Å². The van der Waals surface area contributed by atoms with Crippen LogP contribution in [-0.4, -0.2) is 22.5 Å². The number of aliphatic carboxylic acids is 1. The summed E-state index contributed by atoms with van der Waals surface area (Å²) in [5.41, 5.74) is -0.326. The van der Waals surface area contributed by atoms with Crippen LogP contribution in [0.3, 0.4) is 0 Å². The lowest BCUT2D eigenvalue weighted by molar-refractivity contribution is -0.139. The normalized spacial score (nSPS) is 20.7. The number of carboxylic acids is 1. The summed E-state index contributed by atoms with van der Waals surface area (Å²) >= 11 is 0. The van der Waals surface area contributed by atoms with Crippen molar-refractivity contribution in [2.45, 2.75) is 57.5 Å². The van der Waals surface area contributed by atoms with Crippen molar-refractivity contribution in [1.82, 2.24) is 4.90 Å². The monoisotopic (exact) mass is 513 g/mol. The molecule has 36 heavy (non-hydrogen) atoms. The van der Waals surface area contributed by atoms with Gasteiger partial charge in [0, 0.05) is 12.5 Å². The van der Waals surface area contributed by atoms with Crippen molar-refractivity contribution < 1.29 is 36.2 Å². The lowest BCUT2D eigenvalue weighted by Gasteiger charge is -2.43. The molecule has 3 atom stereocenters. The van der Waals surface area contributed by atoms with Gasteiger partial charge in [0.15, 0.2) is 0 Å².